The van der Waals surface area contributed by atoms with Crippen LogP contribution in [0.2, 0.25) is 0 Å². The van der Waals surface area contributed by atoms with Crippen molar-refractivity contribution >= 4 is 17.0 Å². The Morgan fingerprint density at radius 1 is 1.09 bits per heavy atom. The number of ether oxygens (including phenoxy) is 1. The molecule has 0 unspecified atom stereocenters. The zero-order chi connectivity index (χ0) is 15.5. The van der Waals surface area contributed by atoms with Gasteiger partial charge in [0.15, 0.2) is 0 Å². The zero-order valence-electron chi connectivity index (χ0n) is 11.5. The van der Waals surface area contributed by atoms with Crippen LogP contribution < -0.4 is 10.1 Å². The van der Waals surface area contributed by atoms with Crippen molar-refractivity contribution in [1.82, 2.24) is 10.3 Å². The third kappa shape index (κ3) is 3.12. The predicted molar refractivity (Wildman–Crippen MR) is 80.9 cm³/mol. The number of H-pyrrole nitrogens is 1. The molecule has 22 heavy (non-hydrogen) atoms. The first kappa shape index (κ1) is 13.8. The molecule has 0 saturated heterocycles. The highest BCUT2D eigenvalue weighted by atomic mass is 16.6. The molecule has 0 spiro atoms. The van der Waals surface area contributed by atoms with Crippen LogP contribution in [0, 0.1) is 0 Å². The normalized spacial score (nSPS) is 10.5. The number of hydrogen-bond donors (Lipinski definition) is 4. The minimum absolute atomic E-state index is 0.142. The highest BCUT2D eigenvalue weighted by Gasteiger charge is 2.08. The Balaban J connectivity index is 1.63. The summed E-state index contributed by atoms with van der Waals surface area (Å²) in [5.74, 6) is 0.573. The van der Waals surface area contributed by atoms with E-state index in [9.17, 15) is 15.0 Å². The number of aromatic amines is 1. The smallest absolute Gasteiger partial charge is 0.414 e. The molecule has 0 aliphatic rings. The molecule has 0 aliphatic carbocycles. The molecular weight excluding hydrogens is 284 g/mol. The summed E-state index contributed by atoms with van der Waals surface area (Å²) in [5.41, 5.74) is 1.52. The largest absolute Gasteiger partial charge is 0.508 e. The minimum atomic E-state index is -0.612. The number of amides is 1. The lowest BCUT2D eigenvalue weighted by atomic mass is 10.2. The van der Waals surface area contributed by atoms with Gasteiger partial charge in [0.25, 0.3) is 0 Å². The Morgan fingerprint density at radius 2 is 1.91 bits per heavy atom. The summed E-state index contributed by atoms with van der Waals surface area (Å²) in [5, 5.41) is 22.1. The number of aromatic hydroxyl groups is 2. The van der Waals surface area contributed by atoms with Gasteiger partial charge in [-0.3, -0.25) is 0 Å². The number of phenolic OH excluding ortho intramolecular Hbond substituents is 2. The number of nitrogens with one attached hydrogen (secondary N) is 2. The number of hydrogen-bond acceptors (Lipinski definition) is 4. The van der Waals surface area contributed by atoms with Crippen LogP contribution in [0.15, 0.2) is 48.5 Å². The quantitative estimate of drug-likeness (QED) is 0.598. The highest BCUT2D eigenvalue weighted by Crippen LogP contribution is 2.24. The van der Waals surface area contributed by atoms with Gasteiger partial charge in [0.05, 0.1) is 0 Å². The maximum Gasteiger partial charge on any atom is 0.414 e. The van der Waals surface area contributed by atoms with E-state index in [4.69, 9.17) is 4.74 Å². The van der Waals surface area contributed by atoms with Gasteiger partial charge in [0.1, 0.15) is 11.5 Å². The number of fused-ring (bicyclic) bond motifs is 1. The first-order chi connectivity index (χ1) is 10.6. The SMILES string of the molecule is O=C(NCc1cccc(O)c1)Oc1cc2cc(O)ccc2[nH]1. The average Bonchev–Trinajstić information content (AvgIpc) is 2.86. The molecule has 1 amide bonds. The van der Waals surface area contributed by atoms with Crippen LogP contribution in [0.3, 0.4) is 0 Å². The van der Waals surface area contributed by atoms with E-state index in [0.717, 1.165) is 16.5 Å². The molecule has 4 N–H and O–H groups in total. The molecule has 0 bridgehead atoms. The summed E-state index contributed by atoms with van der Waals surface area (Å²) in [6.07, 6.45) is -0.612. The van der Waals surface area contributed by atoms with E-state index in [-0.39, 0.29) is 23.9 Å². The van der Waals surface area contributed by atoms with Crippen molar-refractivity contribution in [3.05, 3.63) is 54.1 Å². The van der Waals surface area contributed by atoms with E-state index in [1.807, 2.05) is 0 Å². The van der Waals surface area contributed by atoms with Gasteiger partial charge in [-0.15, -0.1) is 0 Å². The lowest BCUT2D eigenvalue weighted by Gasteiger charge is -2.05. The Labute approximate surface area is 126 Å². The van der Waals surface area contributed by atoms with Gasteiger partial charge in [-0.25, -0.2) is 4.79 Å². The van der Waals surface area contributed by atoms with E-state index in [2.05, 4.69) is 10.3 Å². The maximum absolute atomic E-state index is 11.7. The van der Waals surface area contributed by atoms with Gasteiger partial charge in [0.2, 0.25) is 5.88 Å². The van der Waals surface area contributed by atoms with Crippen molar-refractivity contribution in [2.24, 2.45) is 0 Å². The Bertz CT molecular complexity index is 826. The lowest BCUT2D eigenvalue weighted by molar-refractivity contribution is 0.198. The second-order valence-electron chi connectivity index (χ2n) is 4.82. The number of carbonyl (C=O) groups is 1. The third-order valence-electron chi connectivity index (χ3n) is 3.13. The minimum Gasteiger partial charge on any atom is -0.508 e. The topological polar surface area (TPSA) is 94.6 Å². The molecule has 0 radical (unpaired) electrons. The van der Waals surface area contributed by atoms with Crippen LogP contribution in [0.5, 0.6) is 17.4 Å². The van der Waals surface area contributed by atoms with E-state index < -0.39 is 6.09 Å². The van der Waals surface area contributed by atoms with Gasteiger partial charge in [-0.1, -0.05) is 12.1 Å². The molecule has 0 saturated carbocycles. The molecule has 3 aromatic rings. The molecule has 6 heteroatoms. The van der Waals surface area contributed by atoms with Crippen LogP contribution >= 0.6 is 0 Å². The molecule has 0 fully saturated rings. The zero-order valence-corrected chi connectivity index (χ0v) is 11.5. The predicted octanol–water partition coefficient (Wildman–Crippen LogP) is 2.87. The second-order valence-corrected chi connectivity index (χ2v) is 4.82. The molecule has 2 aromatic carbocycles. The van der Waals surface area contributed by atoms with Gasteiger partial charge in [0, 0.05) is 23.5 Å². The summed E-state index contributed by atoms with van der Waals surface area (Å²) in [6.45, 7) is 0.244. The third-order valence-corrected chi connectivity index (χ3v) is 3.13. The summed E-state index contributed by atoms with van der Waals surface area (Å²) in [6, 6.07) is 13.0. The fraction of sp³-hybridized carbons (Fsp3) is 0.0625. The van der Waals surface area contributed by atoms with Gasteiger partial charge in [-0.05, 0) is 35.9 Å². The van der Waals surface area contributed by atoms with E-state index in [1.54, 1.807) is 48.5 Å². The summed E-state index contributed by atoms with van der Waals surface area (Å²) < 4.78 is 5.14. The van der Waals surface area contributed by atoms with Crippen molar-refractivity contribution in [1.29, 1.82) is 0 Å². The Kier molecular flexibility index (Phi) is 3.57. The summed E-state index contributed by atoms with van der Waals surface area (Å²) >= 11 is 0. The molecular formula is C16H14N2O4. The lowest BCUT2D eigenvalue weighted by Crippen LogP contribution is -2.26. The molecule has 1 heterocycles. The molecule has 0 aliphatic heterocycles. The first-order valence-electron chi connectivity index (χ1n) is 6.65. The van der Waals surface area contributed by atoms with Gasteiger partial charge < -0.3 is 25.3 Å². The van der Waals surface area contributed by atoms with Crippen molar-refractivity contribution in [3.8, 4) is 17.4 Å². The number of benzene rings is 2. The molecule has 3 rings (SSSR count). The van der Waals surface area contributed by atoms with E-state index in [1.165, 1.54) is 0 Å². The summed E-state index contributed by atoms with van der Waals surface area (Å²) in [4.78, 5) is 14.7. The second kappa shape index (κ2) is 5.69. The van der Waals surface area contributed by atoms with Crippen molar-refractivity contribution in [2.45, 2.75) is 6.54 Å². The van der Waals surface area contributed by atoms with Crippen molar-refractivity contribution in [2.75, 3.05) is 0 Å². The van der Waals surface area contributed by atoms with Crippen molar-refractivity contribution < 1.29 is 19.7 Å². The van der Waals surface area contributed by atoms with Crippen molar-refractivity contribution in [3.63, 3.8) is 0 Å². The standard InChI is InChI=1S/C16H14N2O4/c19-12-3-1-2-10(6-12)9-17-16(21)22-15-8-11-7-13(20)4-5-14(11)18-15/h1-8,18-20H,9H2,(H,17,21). The number of rotatable bonds is 3. The molecule has 6 nitrogen and oxygen atoms in total. The number of carbonyl (C=O) groups excluding carboxylic acids is 1. The Morgan fingerprint density at radius 3 is 2.73 bits per heavy atom. The van der Waals surface area contributed by atoms with Crippen LogP contribution in [0.1, 0.15) is 5.56 Å². The fourth-order valence-electron chi connectivity index (χ4n) is 2.13. The van der Waals surface area contributed by atoms with Crippen LogP contribution in [-0.4, -0.2) is 21.3 Å². The van der Waals surface area contributed by atoms with Crippen LogP contribution in [0.25, 0.3) is 10.9 Å². The van der Waals surface area contributed by atoms with Gasteiger partial charge in [-0.2, -0.15) is 0 Å². The van der Waals surface area contributed by atoms with Crippen LogP contribution in [0.4, 0.5) is 4.79 Å². The monoisotopic (exact) mass is 298 g/mol. The Hall–Kier alpha value is -3.15. The number of aromatic nitrogens is 1. The fourth-order valence-corrected chi connectivity index (χ4v) is 2.13. The first-order valence-corrected chi connectivity index (χ1v) is 6.65. The number of phenols is 2. The molecule has 112 valence electrons. The molecule has 0 atom stereocenters. The van der Waals surface area contributed by atoms with Crippen LogP contribution in [-0.2, 0) is 6.54 Å². The molecule has 1 aromatic heterocycles. The highest BCUT2D eigenvalue weighted by molar-refractivity contribution is 5.83. The average molecular weight is 298 g/mol. The summed E-state index contributed by atoms with van der Waals surface area (Å²) in [7, 11) is 0. The van der Waals surface area contributed by atoms with Gasteiger partial charge >= 0.3 is 6.09 Å². The maximum atomic E-state index is 11.7. The van der Waals surface area contributed by atoms with E-state index in [0.29, 0.717) is 0 Å². The van der Waals surface area contributed by atoms with E-state index >= 15 is 0 Å².